The normalized spacial score (nSPS) is 12.6. The summed E-state index contributed by atoms with van der Waals surface area (Å²) in [7, 11) is 2.01. The van der Waals surface area contributed by atoms with Crippen molar-refractivity contribution in [2.24, 2.45) is 7.05 Å². The Balaban J connectivity index is 2.13. The van der Waals surface area contributed by atoms with Gasteiger partial charge in [-0.3, -0.25) is 0 Å². The maximum absolute atomic E-state index is 4.36. The topological polar surface area (TPSA) is 55.6 Å². The smallest absolute Gasteiger partial charge is 0.145 e. The second-order valence-corrected chi connectivity index (χ2v) is 4.27. The van der Waals surface area contributed by atoms with Crippen molar-refractivity contribution in [3.05, 3.63) is 42.5 Å². The first kappa shape index (κ1) is 12.7. The summed E-state index contributed by atoms with van der Waals surface area (Å²) in [6, 6.07) is 1.95. The number of aryl methyl sites for hydroxylation is 1. The minimum absolute atomic E-state index is 0.118. The molecule has 0 saturated heterocycles. The number of aromatic nitrogens is 4. The first-order valence-corrected chi connectivity index (χ1v) is 6.27. The van der Waals surface area contributed by atoms with Crippen LogP contribution in [-0.2, 0) is 13.5 Å². The van der Waals surface area contributed by atoms with Gasteiger partial charge in [0.15, 0.2) is 0 Å². The van der Waals surface area contributed by atoms with Gasteiger partial charge < -0.3 is 9.88 Å². The predicted molar refractivity (Wildman–Crippen MR) is 70.0 cm³/mol. The maximum Gasteiger partial charge on any atom is 0.145 e. The Morgan fingerprint density at radius 3 is 2.61 bits per heavy atom. The Hall–Kier alpha value is -1.75. The molecule has 0 radical (unpaired) electrons. The fourth-order valence-corrected chi connectivity index (χ4v) is 1.84. The standard InChI is InChI=1S/C13H19N5/c1-3-5-14-11(13-16-6-4-7-17-13)10-12-15-8-9-18(12)2/h4,6-9,11,14H,3,5,10H2,1-2H3. The van der Waals surface area contributed by atoms with Gasteiger partial charge in [0.25, 0.3) is 0 Å². The summed E-state index contributed by atoms with van der Waals surface area (Å²) >= 11 is 0. The quantitative estimate of drug-likeness (QED) is 0.838. The largest absolute Gasteiger partial charge is 0.338 e. The minimum atomic E-state index is 0.118. The Morgan fingerprint density at radius 1 is 1.22 bits per heavy atom. The first-order chi connectivity index (χ1) is 8.81. The monoisotopic (exact) mass is 245 g/mol. The van der Waals surface area contributed by atoms with Crippen LogP contribution in [0.25, 0.3) is 0 Å². The number of rotatable bonds is 6. The van der Waals surface area contributed by atoms with E-state index in [0.717, 1.165) is 31.0 Å². The number of hydrogen-bond donors (Lipinski definition) is 1. The number of imidazole rings is 1. The van der Waals surface area contributed by atoms with Gasteiger partial charge in [-0.1, -0.05) is 6.92 Å². The van der Waals surface area contributed by atoms with Crippen LogP contribution in [0.5, 0.6) is 0 Å². The average molecular weight is 245 g/mol. The second-order valence-electron chi connectivity index (χ2n) is 4.27. The summed E-state index contributed by atoms with van der Waals surface area (Å²) in [6.45, 7) is 3.10. The summed E-state index contributed by atoms with van der Waals surface area (Å²) < 4.78 is 2.03. The van der Waals surface area contributed by atoms with E-state index in [1.165, 1.54) is 0 Å². The van der Waals surface area contributed by atoms with Crippen molar-refractivity contribution in [2.45, 2.75) is 25.8 Å². The van der Waals surface area contributed by atoms with Crippen LogP contribution in [0.2, 0.25) is 0 Å². The van der Waals surface area contributed by atoms with Gasteiger partial charge in [0, 0.05) is 38.3 Å². The van der Waals surface area contributed by atoms with Crippen LogP contribution in [0.15, 0.2) is 30.9 Å². The number of hydrogen-bond acceptors (Lipinski definition) is 4. The molecule has 0 aliphatic heterocycles. The molecule has 0 aliphatic carbocycles. The molecule has 0 aromatic carbocycles. The Bertz CT molecular complexity index is 465. The molecule has 5 heteroatoms. The van der Waals surface area contributed by atoms with Crippen LogP contribution in [0.1, 0.15) is 31.0 Å². The van der Waals surface area contributed by atoms with Crippen molar-refractivity contribution in [3.63, 3.8) is 0 Å². The third-order valence-electron chi connectivity index (χ3n) is 2.85. The van der Waals surface area contributed by atoms with E-state index in [-0.39, 0.29) is 6.04 Å². The van der Waals surface area contributed by atoms with Crippen molar-refractivity contribution in [3.8, 4) is 0 Å². The van der Waals surface area contributed by atoms with E-state index in [1.54, 1.807) is 12.4 Å². The highest BCUT2D eigenvalue weighted by Gasteiger charge is 2.16. The summed E-state index contributed by atoms with van der Waals surface area (Å²) in [5, 5.41) is 3.47. The van der Waals surface area contributed by atoms with Crippen molar-refractivity contribution >= 4 is 0 Å². The molecule has 0 aliphatic rings. The fraction of sp³-hybridized carbons (Fsp3) is 0.462. The molecule has 0 fully saturated rings. The molecule has 2 heterocycles. The lowest BCUT2D eigenvalue weighted by Crippen LogP contribution is -2.26. The third-order valence-corrected chi connectivity index (χ3v) is 2.85. The molecule has 18 heavy (non-hydrogen) atoms. The molecule has 0 spiro atoms. The third kappa shape index (κ3) is 3.13. The van der Waals surface area contributed by atoms with Gasteiger partial charge in [-0.2, -0.15) is 0 Å². The van der Waals surface area contributed by atoms with Crippen LogP contribution < -0.4 is 5.32 Å². The van der Waals surface area contributed by atoms with Crippen molar-refractivity contribution in [1.82, 2.24) is 24.8 Å². The SMILES string of the molecule is CCCNC(Cc1nccn1C)c1ncccn1. The van der Waals surface area contributed by atoms with E-state index < -0.39 is 0 Å². The number of nitrogens with zero attached hydrogens (tertiary/aromatic N) is 4. The van der Waals surface area contributed by atoms with E-state index in [4.69, 9.17) is 0 Å². The Morgan fingerprint density at radius 2 is 2.00 bits per heavy atom. The Labute approximate surface area is 107 Å². The minimum Gasteiger partial charge on any atom is -0.338 e. The van der Waals surface area contributed by atoms with E-state index in [9.17, 15) is 0 Å². The van der Waals surface area contributed by atoms with Gasteiger partial charge in [-0.15, -0.1) is 0 Å². The summed E-state index contributed by atoms with van der Waals surface area (Å²) in [4.78, 5) is 13.0. The van der Waals surface area contributed by atoms with Crippen LogP contribution in [-0.4, -0.2) is 26.1 Å². The van der Waals surface area contributed by atoms with Gasteiger partial charge in [-0.05, 0) is 19.0 Å². The fourth-order valence-electron chi connectivity index (χ4n) is 1.84. The van der Waals surface area contributed by atoms with Gasteiger partial charge in [0.2, 0.25) is 0 Å². The van der Waals surface area contributed by atoms with Crippen LogP contribution >= 0.6 is 0 Å². The van der Waals surface area contributed by atoms with E-state index in [1.807, 2.05) is 30.1 Å². The summed E-state index contributed by atoms with van der Waals surface area (Å²) in [5.41, 5.74) is 0. The van der Waals surface area contributed by atoms with Gasteiger partial charge >= 0.3 is 0 Å². The molecule has 0 bridgehead atoms. The molecule has 0 amide bonds. The number of nitrogens with one attached hydrogen (secondary N) is 1. The summed E-state index contributed by atoms with van der Waals surface area (Å²) in [5.74, 6) is 1.87. The van der Waals surface area contributed by atoms with Crippen LogP contribution in [0.3, 0.4) is 0 Å². The highest BCUT2D eigenvalue weighted by molar-refractivity contribution is 5.02. The maximum atomic E-state index is 4.36. The lowest BCUT2D eigenvalue weighted by atomic mass is 10.1. The molecular formula is C13H19N5. The van der Waals surface area contributed by atoms with E-state index >= 15 is 0 Å². The van der Waals surface area contributed by atoms with Crippen LogP contribution in [0.4, 0.5) is 0 Å². The van der Waals surface area contributed by atoms with Gasteiger partial charge in [0.1, 0.15) is 11.6 Å². The molecule has 96 valence electrons. The van der Waals surface area contributed by atoms with Crippen molar-refractivity contribution < 1.29 is 0 Å². The highest BCUT2D eigenvalue weighted by atomic mass is 15.1. The molecule has 1 N–H and O–H groups in total. The lowest BCUT2D eigenvalue weighted by molar-refractivity contribution is 0.489. The molecule has 5 nitrogen and oxygen atoms in total. The zero-order valence-electron chi connectivity index (χ0n) is 10.9. The predicted octanol–water partition coefficient (Wildman–Crippen LogP) is 1.49. The average Bonchev–Trinajstić information content (AvgIpc) is 2.81. The molecule has 1 atom stereocenters. The van der Waals surface area contributed by atoms with Gasteiger partial charge in [0.05, 0.1) is 6.04 Å². The molecular weight excluding hydrogens is 226 g/mol. The molecule has 0 saturated carbocycles. The van der Waals surface area contributed by atoms with Crippen molar-refractivity contribution in [1.29, 1.82) is 0 Å². The molecule has 2 aromatic heterocycles. The van der Waals surface area contributed by atoms with Gasteiger partial charge in [-0.25, -0.2) is 15.0 Å². The van der Waals surface area contributed by atoms with Crippen molar-refractivity contribution in [2.75, 3.05) is 6.54 Å². The molecule has 1 unspecified atom stereocenters. The van der Waals surface area contributed by atoms with E-state index in [0.29, 0.717) is 0 Å². The lowest BCUT2D eigenvalue weighted by Gasteiger charge is -2.16. The zero-order valence-corrected chi connectivity index (χ0v) is 10.9. The Kier molecular flexibility index (Phi) is 4.41. The zero-order chi connectivity index (χ0) is 12.8. The van der Waals surface area contributed by atoms with Crippen LogP contribution in [0, 0.1) is 0 Å². The molecule has 2 aromatic rings. The first-order valence-electron chi connectivity index (χ1n) is 6.27. The molecule has 2 rings (SSSR count). The highest BCUT2D eigenvalue weighted by Crippen LogP contribution is 2.13. The second kappa shape index (κ2) is 6.26. The summed E-state index contributed by atoms with van der Waals surface area (Å²) in [6.07, 6.45) is 9.22. The van der Waals surface area contributed by atoms with E-state index in [2.05, 4.69) is 27.2 Å².